The summed E-state index contributed by atoms with van der Waals surface area (Å²) in [5, 5.41) is 23.3. The molecule has 0 bridgehead atoms. The third-order valence-electron chi connectivity index (χ3n) is 3.36. The van der Waals surface area contributed by atoms with Crippen molar-refractivity contribution >= 4 is 43.9 Å². The van der Waals surface area contributed by atoms with E-state index in [4.69, 9.17) is 5.26 Å². The summed E-state index contributed by atoms with van der Waals surface area (Å²) in [6.07, 6.45) is 1.13. The Morgan fingerprint density at radius 1 is 1.29 bits per heavy atom. The molecule has 2 aromatic carbocycles. The fourth-order valence-electron chi connectivity index (χ4n) is 2.24. The van der Waals surface area contributed by atoms with E-state index in [0.717, 1.165) is 12.3 Å². The molecule has 1 heterocycles. The van der Waals surface area contributed by atoms with Crippen molar-refractivity contribution in [2.75, 3.05) is 5.32 Å². The first-order valence-electron chi connectivity index (χ1n) is 6.69. The lowest BCUT2D eigenvalue weighted by Crippen LogP contribution is -2.01. The Balaban J connectivity index is 2.20. The lowest BCUT2D eigenvalue weighted by atomic mass is 10.1. The number of aromatic nitrogens is 1. The molecule has 0 spiro atoms. The van der Waals surface area contributed by atoms with Crippen LogP contribution in [0.5, 0.6) is 0 Å². The standard InChI is InChI=1S/C16H8BrFN4O2/c17-10-2-4-13-11(6-10)16(15(8-20-13)22(23)24)21-14-3-1-9(7-19)5-12(14)18/h1-6,8H,(H,20,21). The van der Waals surface area contributed by atoms with Crippen LogP contribution in [0, 0.1) is 27.3 Å². The average Bonchev–Trinajstić information content (AvgIpc) is 2.56. The van der Waals surface area contributed by atoms with Crippen LogP contribution in [0.1, 0.15) is 5.56 Å². The van der Waals surface area contributed by atoms with Gasteiger partial charge in [-0.15, -0.1) is 0 Å². The van der Waals surface area contributed by atoms with Crippen LogP contribution in [0.3, 0.4) is 0 Å². The monoisotopic (exact) mass is 386 g/mol. The van der Waals surface area contributed by atoms with Crippen LogP contribution in [0.4, 0.5) is 21.5 Å². The summed E-state index contributed by atoms with van der Waals surface area (Å²) in [7, 11) is 0. The maximum Gasteiger partial charge on any atom is 0.311 e. The largest absolute Gasteiger partial charge is 0.347 e. The molecule has 0 radical (unpaired) electrons. The van der Waals surface area contributed by atoms with Crippen molar-refractivity contribution in [3.8, 4) is 6.07 Å². The number of anilines is 2. The Labute approximate surface area is 143 Å². The van der Waals surface area contributed by atoms with E-state index < -0.39 is 10.7 Å². The lowest BCUT2D eigenvalue weighted by molar-refractivity contribution is -0.384. The molecule has 6 nitrogen and oxygen atoms in total. The summed E-state index contributed by atoms with van der Waals surface area (Å²) < 4.78 is 14.8. The van der Waals surface area contributed by atoms with Gasteiger partial charge < -0.3 is 5.32 Å². The summed E-state index contributed by atoms with van der Waals surface area (Å²) in [6.45, 7) is 0. The van der Waals surface area contributed by atoms with Gasteiger partial charge in [-0.25, -0.2) is 9.37 Å². The van der Waals surface area contributed by atoms with Gasteiger partial charge in [0.25, 0.3) is 0 Å². The first-order chi connectivity index (χ1) is 11.5. The van der Waals surface area contributed by atoms with E-state index in [2.05, 4.69) is 26.2 Å². The molecule has 0 atom stereocenters. The molecule has 3 rings (SSSR count). The number of nitrogens with one attached hydrogen (secondary N) is 1. The van der Waals surface area contributed by atoms with Crippen molar-refractivity contribution in [1.82, 2.24) is 4.98 Å². The number of nitro groups is 1. The molecule has 8 heteroatoms. The molecular formula is C16H8BrFN4O2. The average molecular weight is 387 g/mol. The molecule has 0 unspecified atom stereocenters. The number of rotatable bonds is 3. The third kappa shape index (κ3) is 2.89. The highest BCUT2D eigenvalue weighted by atomic mass is 79.9. The lowest BCUT2D eigenvalue weighted by Gasteiger charge is -2.11. The SMILES string of the molecule is N#Cc1ccc(Nc2c([N+](=O)[O-])cnc3ccc(Br)cc23)c(F)c1. The van der Waals surface area contributed by atoms with Crippen LogP contribution in [0.2, 0.25) is 0 Å². The number of nitrogens with zero attached hydrogens (tertiary/aromatic N) is 3. The van der Waals surface area contributed by atoms with Crippen molar-refractivity contribution in [2.24, 2.45) is 0 Å². The maximum atomic E-state index is 14.1. The van der Waals surface area contributed by atoms with Crippen LogP contribution in [-0.4, -0.2) is 9.91 Å². The zero-order valence-corrected chi connectivity index (χ0v) is 13.5. The molecule has 24 heavy (non-hydrogen) atoms. The van der Waals surface area contributed by atoms with Crippen molar-refractivity contribution < 1.29 is 9.31 Å². The number of nitriles is 1. The highest BCUT2D eigenvalue weighted by Gasteiger charge is 2.19. The topological polar surface area (TPSA) is 91.8 Å². The Morgan fingerprint density at radius 3 is 2.75 bits per heavy atom. The predicted octanol–water partition coefficient (Wildman–Crippen LogP) is 4.66. The molecule has 0 aliphatic heterocycles. The van der Waals surface area contributed by atoms with Crippen molar-refractivity contribution in [3.05, 3.63) is 68.6 Å². The van der Waals surface area contributed by atoms with Crippen molar-refractivity contribution in [1.29, 1.82) is 5.26 Å². The molecule has 0 amide bonds. The molecule has 0 aliphatic rings. The summed E-state index contributed by atoms with van der Waals surface area (Å²) in [5.41, 5.74) is 0.582. The second-order valence-electron chi connectivity index (χ2n) is 4.87. The van der Waals surface area contributed by atoms with Crippen LogP contribution in [0.15, 0.2) is 47.1 Å². The Hall–Kier alpha value is -3.05. The van der Waals surface area contributed by atoms with Crippen molar-refractivity contribution in [2.45, 2.75) is 0 Å². The van der Waals surface area contributed by atoms with Crippen molar-refractivity contribution in [3.63, 3.8) is 0 Å². The summed E-state index contributed by atoms with van der Waals surface area (Å²) in [4.78, 5) is 14.8. The molecule has 0 aliphatic carbocycles. The normalized spacial score (nSPS) is 10.4. The van der Waals surface area contributed by atoms with Crippen LogP contribution >= 0.6 is 15.9 Å². The first kappa shape index (κ1) is 15.8. The molecule has 0 fully saturated rings. The summed E-state index contributed by atoms with van der Waals surface area (Å²) >= 11 is 3.31. The first-order valence-corrected chi connectivity index (χ1v) is 7.48. The van der Waals surface area contributed by atoms with Gasteiger partial charge in [-0.2, -0.15) is 5.26 Å². The number of halogens is 2. The summed E-state index contributed by atoms with van der Waals surface area (Å²) in [5.74, 6) is -0.677. The quantitative estimate of drug-likeness (QED) is 0.521. The number of hydrogen-bond acceptors (Lipinski definition) is 5. The Kier molecular flexibility index (Phi) is 4.10. The van der Waals surface area contributed by atoms with Gasteiger partial charge in [0.15, 0.2) is 0 Å². The molecule has 118 valence electrons. The van der Waals surface area contributed by atoms with E-state index >= 15 is 0 Å². The minimum atomic E-state index is -0.677. The van der Waals surface area contributed by atoms with Gasteiger partial charge in [0.1, 0.15) is 17.7 Å². The zero-order valence-electron chi connectivity index (χ0n) is 12.0. The zero-order chi connectivity index (χ0) is 17.3. The smallest absolute Gasteiger partial charge is 0.311 e. The Morgan fingerprint density at radius 2 is 2.08 bits per heavy atom. The Bertz CT molecular complexity index is 1020. The fraction of sp³-hybridized carbons (Fsp3) is 0. The van der Waals surface area contributed by atoms with Crippen LogP contribution in [-0.2, 0) is 0 Å². The number of fused-ring (bicyclic) bond motifs is 1. The van der Waals surface area contributed by atoms with Gasteiger partial charge in [-0.1, -0.05) is 15.9 Å². The van der Waals surface area contributed by atoms with Gasteiger partial charge in [-0.3, -0.25) is 10.1 Å². The van der Waals surface area contributed by atoms with Gasteiger partial charge in [0.2, 0.25) is 0 Å². The van der Waals surface area contributed by atoms with Gasteiger partial charge in [0, 0.05) is 9.86 Å². The third-order valence-corrected chi connectivity index (χ3v) is 3.86. The van der Waals surface area contributed by atoms with E-state index in [9.17, 15) is 14.5 Å². The van der Waals surface area contributed by atoms with E-state index in [-0.39, 0.29) is 22.6 Å². The van der Waals surface area contributed by atoms with Crippen LogP contribution < -0.4 is 5.32 Å². The molecule has 0 saturated carbocycles. The van der Waals surface area contributed by atoms with E-state index in [0.29, 0.717) is 15.4 Å². The van der Waals surface area contributed by atoms with E-state index in [1.807, 2.05) is 6.07 Å². The summed E-state index contributed by atoms with van der Waals surface area (Å²) in [6, 6.07) is 10.8. The van der Waals surface area contributed by atoms with Gasteiger partial charge in [-0.05, 0) is 36.4 Å². The highest BCUT2D eigenvalue weighted by Crippen LogP contribution is 2.35. The minimum absolute atomic E-state index is 0.0320. The highest BCUT2D eigenvalue weighted by molar-refractivity contribution is 9.10. The fourth-order valence-corrected chi connectivity index (χ4v) is 2.61. The number of pyridine rings is 1. The molecule has 0 saturated heterocycles. The van der Waals surface area contributed by atoms with Gasteiger partial charge in [0.05, 0.1) is 27.8 Å². The molecule has 1 aromatic heterocycles. The maximum absolute atomic E-state index is 14.1. The molecular weight excluding hydrogens is 379 g/mol. The predicted molar refractivity (Wildman–Crippen MR) is 90.5 cm³/mol. The molecule has 1 N–H and O–H groups in total. The number of hydrogen-bond donors (Lipinski definition) is 1. The second-order valence-corrected chi connectivity index (χ2v) is 5.78. The second kappa shape index (κ2) is 6.22. The minimum Gasteiger partial charge on any atom is -0.347 e. The van der Waals surface area contributed by atoms with E-state index in [1.165, 1.54) is 12.1 Å². The van der Waals surface area contributed by atoms with E-state index in [1.54, 1.807) is 18.2 Å². The molecule has 3 aromatic rings. The van der Waals surface area contributed by atoms with Gasteiger partial charge >= 0.3 is 5.69 Å². The number of benzene rings is 2. The van der Waals surface area contributed by atoms with Crippen LogP contribution in [0.25, 0.3) is 10.9 Å².